The van der Waals surface area contributed by atoms with Gasteiger partial charge in [-0.05, 0) is 47.0 Å². The number of hydrogen-bond acceptors (Lipinski definition) is 1. The predicted octanol–water partition coefficient (Wildman–Crippen LogP) is 4.13. The second kappa shape index (κ2) is 6.04. The third kappa shape index (κ3) is 3.63. The molecule has 0 heterocycles. The first-order valence-electron chi connectivity index (χ1n) is 5.61. The van der Waals surface area contributed by atoms with E-state index in [1.54, 1.807) is 0 Å². The normalized spacial score (nSPS) is 12.2. The van der Waals surface area contributed by atoms with Crippen molar-refractivity contribution in [3.63, 3.8) is 0 Å². The Hall–Kier alpha value is -0.830. The molecule has 1 N–H and O–H groups in total. The summed E-state index contributed by atoms with van der Waals surface area (Å²) in [4.78, 5) is 11.8. The Balaban J connectivity index is 2.72. The zero-order chi connectivity index (χ0) is 12.1. The van der Waals surface area contributed by atoms with Gasteiger partial charge >= 0.3 is 0 Å². The van der Waals surface area contributed by atoms with E-state index in [2.05, 4.69) is 28.2 Å². The van der Waals surface area contributed by atoms with Crippen molar-refractivity contribution in [2.75, 3.05) is 5.32 Å². The third-order valence-electron chi connectivity index (χ3n) is 2.55. The number of aryl methyl sites for hydroxylation is 1. The molecule has 0 saturated heterocycles. The molecule has 0 fully saturated rings. The van der Waals surface area contributed by atoms with Gasteiger partial charge in [0, 0.05) is 10.4 Å². The van der Waals surface area contributed by atoms with Crippen LogP contribution < -0.4 is 5.32 Å². The molecule has 0 aromatic heterocycles. The molecule has 0 aliphatic heterocycles. The maximum atomic E-state index is 11.8. The highest BCUT2D eigenvalue weighted by Crippen LogP contribution is 2.24. The summed E-state index contributed by atoms with van der Waals surface area (Å²) in [5.74, 6) is 0.158. The summed E-state index contributed by atoms with van der Waals surface area (Å²) in [5, 5.41) is 2.95. The first-order valence-corrected chi connectivity index (χ1v) is 6.41. The average molecular weight is 284 g/mol. The Morgan fingerprint density at radius 1 is 1.50 bits per heavy atom. The molecular formula is C13H18BrNO. The summed E-state index contributed by atoms with van der Waals surface area (Å²) in [6, 6.07) is 5.94. The molecule has 3 heteroatoms. The van der Waals surface area contributed by atoms with Gasteiger partial charge in [0.2, 0.25) is 5.91 Å². The van der Waals surface area contributed by atoms with Gasteiger partial charge in [0.05, 0.1) is 5.69 Å². The van der Waals surface area contributed by atoms with Gasteiger partial charge in [-0.25, -0.2) is 0 Å². The number of hydrogen-bond donors (Lipinski definition) is 1. The van der Waals surface area contributed by atoms with Crippen LogP contribution in [0.15, 0.2) is 22.7 Å². The van der Waals surface area contributed by atoms with Crippen molar-refractivity contribution >= 4 is 27.5 Å². The van der Waals surface area contributed by atoms with Gasteiger partial charge in [-0.2, -0.15) is 0 Å². The number of carbonyl (C=O) groups is 1. The zero-order valence-corrected chi connectivity index (χ0v) is 11.6. The maximum absolute atomic E-state index is 11.8. The van der Waals surface area contributed by atoms with Crippen LogP contribution in [0.5, 0.6) is 0 Å². The standard InChI is InChI=1S/C13H18BrNO/c1-4-5-10(3)13(16)15-12-8-9(2)6-7-11(12)14/h6-8,10H,4-5H2,1-3H3,(H,15,16). The van der Waals surface area contributed by atoms with Gasteiger partial charge in [0.1, 0.15) is 0 Å². The first kappa shape index (κ1) is 13.2. The lowest BCUT2D eigenvalue weighted by molar-refractivity contribution is -0.119. The fourth-order valence-corrected chi connectivity index (χ4v) is 1.90. The van der Waals surface area contributed by atoms with Crippen LogP contribution in [0.2, 0.25) is 0 Å². The lowest BCUT2D eigenvalue weighted by Crippen LogP contribution is -2.20. The molecule has 0 saturated carbocycles. The van der Waals surface area contributed by atoms with E-state index in [-0.39, 0.29) is 11.8 Å². The number of anilines is 1. The molecule has 2 nitrogen and oxygen atoms in total. The van der Waals surface area contributed by atoms with Crippen molar-refractivity contribution in [1.29, 1.82) is 0 Å². The molecule has 0 spiro atoms. The molecular weight excluding hydrogens is 266 g/mol. The SMILES string of the molecule is CCCC(C)C(=O)Nc1cc(C)ccc1Br. The molecule has 1 amide bonds. The molecule has 16 heavy (non-hydrogen) atoms. The summed E-state index contributed by atoms with van der Waals surface area (Å²) in [5.41, 5.74) is 1.99. The van der Waals surface area contributed by atoms with E-state index in [1.165, 1.54) is 0 Å². The summed E-state index contributed by atoms with van der Waals surface area (Å²) in [7, 11) is 0. The number of halogens is 1. The van der Waals surface area contributed by atoms with Crippen LogP contribution in [0.25, 0.3) is 0 Å². The van der Waals surface area contributed by atoms with Crippen LogP contribution in [0.4, 0.5) is 5.69 Å². The molecule has 0 aliphatic rings. The van der Waals surface area contributed by atoms with Crippen molar-refractivity contribution in [3.8, 4) is 0 Å². The highest BCUT2D eigenvalue weighted by atomic mass is 79.9. The van der Waals surface area contributed by atoms with E-state index in [9.17, 15) is 4.79 Å². The molecule has 1 rings (SSSR count). The molecule has 1 unspecified atom stereocenters. The fourth-order valence-electron chi connectivity index (χ4n) is 1.55. The maximum Gasteiger partial charge on any atom is 0.227 e. The minimum Gasteiger partial charge on any atom is -0.325 e. The van der Waals surface area contributed by atoms with Crippen molar-refractivity contribution in [3.05, 3.63) is 28.2 Å². The lowest BCUT2D eigenvalue weighted by atomic mass is 10.1. The van der Waals surface area contributed by atoms with Gasteiger partial charge in [-0.1, -0.05) is 26.3 Å². The molecule has 1 atom stereocenters. The molecule has 1 aromatic rings. The van der Waals surface area contributed by atoms with Gasteiger partial charge in [-0.15, -0.1) is 0 Å². The van der Waals surface area contributed by atoms with Gasteiger partial charge in [0.25, 0.3) is 0 Å². The Kier molecular flexibility index (Phi) is 5.00. The lowest BCUT2D eigenvalue weighted by Gasteiger charge is -2.12. The Labute approximate surface area is 106 Å². The molecule has 88 valence electrons. The minimum atomic E-state index is 0.0670. The van der Waals surface area contributed by atoms with Crippen LogP contribution >= 0.6 is 15.9 Å². The number of nitrogens with one attached hydrogen (secondary N) is 1. The number of carbonyl (C=O) groups excluding carboxylic acids is 1. The number of rotatable bonds is 4. The molecule has 0 radical (unpaired) electrons. The Morgan fingerprint density at radius 3 is 2.81 bits per heavy atom. The van der Waals surface area contributed by atoms with E-state index in [0.29, 0.717) is 0 Å². The highest BCUT2D eigenvalue weighted by molar-refractivity contribution is 9.10. The second-order valence-electron chi connectivity index (χ2n) is 4.16. The van der Waals surface area contributed by atoms with Gasteiger partial charge in [-0.3, -0.25) is 4.79 Å². The van der Waals surface area contributed by atoms with Gasteiger partial charge in [0.15, 0.2) is 0 Å². The van der Waals surface area contributed by atoms with Crippen molar-refractivity contribution in [1.82, 2.24) is 0 Å². The fraction of sp³-hybridized carbons (Fsp3) is 0.462. The smallest absolute Gasteiger partial charge is 0.227 e. The van der Waals surface area contributed by atoms with Crippen LogP contribution in [-0.2, 0) is 4.79 Å². The molecule has 0 bridgehead atoms. The van der Waals surface area contributed by atoms with E-state index < -0.39 is 0 Å². The van der Waals surface area contributed by atoms with Crippen LogP contribution in [0, 0.1) is 12.8 Å². The number of benzene rings is 1. The first-order chi connectivity index (χ1) is 7.54. The van der Waals surface area contributed by atoms with Crippen molar-refractivity contribution in [2.24, 2.45) is 5.92 Å². The van der Waals surface area contributed by atoms with Crippen molar-refractivity contribution < 1.29 is 4.79 Å². The second-order valence-corrected chi connectivity index (χ2v) is 5.02. The topological polar surface area (TPSA) is 29.1 Å². The van der Waals surface area contributed by atoms with Crippen molar-refractivity contribution in [2.45, 2.75) is 33.6 Å². The van der Waals surface area contributed by atoms with Crippen LogP contribution in [0.3, 0.4) is 0 Å². The number of amides is 1. The monoisotopic (exact) mass is 283 g/mol. The quantitative estimate of drug-likeness (QED) is 0.884. The highest BCUT2D eigenvalue weighted by Gasteiger charge is 2.12. The minimum absolute atomic E-state index is 0.0670. The Morgan fingerprint density at radius 2 is 2.19 bits per heavy atom. The summed E-state index contributed by atoms with van der Waals surface area (Å²) >= 11 is 3.43. The van der Waals surface area contributed by atoms with E-state index >= 15 is 0 Å². The van der Waals surface area contributed by atoms with E-state index in [0.717, 1.165) is 28.6 Å². The Bertz CT molecular complexity index is 376. The zero-order valence-electron chi connectivity index (χ0n) is 10.0. The largest absolute Gasteiger partial charge is 0.325 e. The van der Waals surface area contributed by atoms with Crippen LogP contribution in [-0.4, -0.2) is 5.91 Å². The average Bonchev–Trinajstić information content (AvgIpc) is 2.23. The summed E-state index contributed by atoms with van der Waals surface area (Å²) < 4.78 is 0.926. The predicted molar refractivity (Wildman–Crippen MR) is 71.6 cm³/mol. The van der Waals surface area contributed by atoms with Gasteiger partial charge < -0.3 is 5.32 Å². The molecule has 1 aromatic carbocycles. The molecule has 0 aliphatic carbocycles. The van der Waals surface area contributed by atoms with E-state index in [4.69, 9.17) is 0 Å². The van der Waals surface area contributed by atoms with E-state index in [1.807, 2.05) is 32.0 Å². The summed E-state index contributed by atoms with van der Waals surface area (Å²) in [6.45, 7) is 6.06. The van der Waals surface area contributed by atoms with Crippen LogP contribution in [0.1, 0.15) is 32.3 Å². The third-order valence-corrected chi connectivity index (χ3v) is 3.24. The summed E-state index contributed by atoms with van der Waals surface area (Å²) in [6.07, 6.45) is 1.96.